The van der Waals surface area contributed by atoms with Gasteiger partial charge in [0.1, 0.15) is 0 Å². The molecule has 0 spiro atoms. The van der Waals surface area contributed by atoms with Crippen LogP contribution in [0.3, 0.4) is 0 Å². The summed E-state index contributed by atoms with van der Waals surface area (Å²) >= 11 is 0. The highest BCUT2D eigenvalue weighted by molar-refractivity contribution is 5.88. The third-order valence-corrected chi connectivity index (χ3v) is 2.99. The SMILES string of the molecule is CCCc1ccccc1Nc1ncc(C(=O)O)c(C)n1. The van der Waals surface area contributed by atoms with Gasteiger partial charge in [-0.05, 0) is 25.0 Å². The summed E-state index contributed by atoms with van der Waals surface area (Å²) in [5, 5.41) is 12.1. The van der Waals surface area contributed by atoms with E-state index in [0.29, 0.717) is 11.6 Å². The highest BCUT2D eigenvalue weighted by atomic mass is 16.4. The molecule has 0 atom stereocenters. The van der Waals surface area contributed by atoms with Gasteiger partial charge in [-0.3, -0.25) is 0 Å². The second-order valence-corrected chi connectivity index (χ2v) is 4.53. The largest absolute Gasteiger partial charge is 0.478 e. The number of aromatic nitrogens is 2. The van der Waals surface area contributed by atoms with E-state index in [4.69, 9.17) is 5.11 Å². The minimum Gasteiger partial charge on any atom is -0.478 e. The summed E-state index contributed by atoms with van der Waals surface area (Å²) < 4.78 is 0. The number of carboxylic acid groups (broad SMARTS) is 1. The van der Waals surface area contributed by atoms with Crippen LogP contribution in [0.5, 0.6) is 0 Å². The van der Waals surface area contributed by atoms with Crippen molar-refractivity contribution < 1.29 is 9.90 Å². The normalized spacial score (nSPS) is 10.3. The number of para-hydroxylation sites is 1. The predicted octanol–water partition coefficient (Wildman–Crippen LogP) is 3.18. The summed E-state index contributed by atoms with van der Waals surface area (Å²) in [4.78, 5) is 19.2. The van der Waals surface area contributed by atoms with E-state index in [1.807, 2.05) is 18.2 Å². The summed E-state index contributed by atoms with van der Waals surface area (Å²) in [7, 11) is 0. The van der Waals surface area contributed by atoms with Crippen molar-refractivity contribution in [1.82, 2.24) is 9.97 Å². The zero-order chi connectivity index (χ0) is 14.5. The summed E-state index contributed by atoms with van der Waals surface area (Å²) in [5.41, 5.74) is 2.72. The number of hydrogen-bond acceptors (Lipinski definition) is 4. The number of carbonyl (C=O) groups is 1. The van der Waals surface area contributed by atoms with Crippen molar-refractivity contribution in [2.45, 2.75) is 26.7 Å². The second kappa shape index (κ2) is 6.14. The topological polar surface area (TPSA) is 75.1 Å². The van der Waals surface area contributed by atoms with Crippen molar-refractivity contribution in [3.63, 3.8) is 0 Å². The molecule has 0 unspecified atom stereocenters. The smallest absolute Gasteiger partial charge is 0.339 e. The van der Waals surface area contributed by atoms with Crippen LogP contribution in [0.15, 0.2) is 30.5 Å². The molecule has 0 amide bonds. The Bertz CT molecular complexity index is 626. The number of benzene rings is 1. The average molecular weight is 271 g/mol. The number of aryl methyl sites for hydroxylation is 2. The molecule has 1 aromatic carbocycles. The number of aromatic carboxylic acids is 1. The molecular weight excluding hydrogens is 254 g/mol. The molecule has 0 aliphatic heterocycles. The van der Waals surface area contributed by atoms with Crippen molar-refractivity contribution in [2.24, 2.45) is 0 Å². The van der Waals surface area contributed by atoms with Gasteiger partial charge in [0.05, 0.1) is 11.3 Å². The van der Waals surface area contributed by atoms with Gasteiger partial charge in [0.2, 0.25) is 5.95 Å². The minimum atomic E-state index is -1.01. The Balaban J connectivity index is 2.26. The van der Waals surface area contributed by atoms with Crippen molar-refractivity contribution in [1.29, 1.82) is 0 Å². The quantitative estimate of drug-likeness (QED) is 0.873. The van der Waals surface area contributed by atoms with Crippen LogP contribution < -0.4 is 5.32 Å². The van der Waals surface area contributed by atoms with Crippen LogP contribution in [-0.2, 0) is 6.42 Å². The number of nitrogens with one attached hydrogen (secondary N) is 1. The Morgan fingerprint density at radius 3 is 2.75 bits per heavy atom. The van der Waals surface area contributed by atoms with Gasteiger partial charge in [0, 0.05) is 11.9 Å². The summed E-state index contributed by atoms with van der Waals surface area (Å²) in [5.74, 6) is -0.600. The van der Waals surface area contributed by atoms with Crippen LogP contribution >= 0.6 is 0 Å². The van der Waals surface area contributed by atoms with Gasteiger partial charge in [-0.1, -0.05) is 31.5 Å². The number of anilines is 2. The summed E-state index contributed by atoms with van der Waals surface area (Å²) in [6.07, 6.45) is 3.35. The lowest BCUT2D eigenvalue weighted by Gasteiger charge is -2.11. The van der Waals surface area contributed by atoms with Crippen molar-refractivity contribution in [3.8, 4) is 0 Å². The van der Waals surface area contributed by atoms with Gasteiger partial charge >= 0.3 is 5.97 Å². The fourth-order valence-electron chi connectivity index (χ4n) is 1.99. The molecule has 20 heavy (non-hydrogen) atoms. The van der Waals surface area contributed by atoms with E-state index in [1.54, 1.807) is 6.92 Å². The van der Waals surface area contributed by atoms with Crippen LogP contribution in [0.4, 0.5) is 11.6 Å². The molecule has 2 rings (SSSR count). The second-order valence-electron chi connectivity index (χ2n) is 4.53. The summed E-state index contributed by atoms with van der Waals surface area (Å²) in [6.45, 7) is 3.79. The molecule has 2 N–H and O–H groups in total. The Morgan fingerprint density at radius 2 is 2.10 bits per heavy atom. The average Bonchev–Trinajstić information content (AvgIpc) is 2.41. The monoisotopic (exact) mass is 271 g/mol. The highest BCUT2D eigenvalue weighted by Crippen LogP contribution is 2.20. The number of rotatable bonds is 5. The van der Waals surface area contributed by atoms with Gasteiger partial charge in [-0.15, -0.1) is 0 Å². The minimum absolute atomic E-state index is 0.123. The first-order valence-corrected chi connectivity index (χ1v) is 6.53. The lowest BCUT2D eigenvalue weighted by Crippen LogP contribution is -2.06. The maximum Gasteiger partial charge on any atom is 0.339 e. The fraction of sp³-hybridized carbons (Fsp3) is 0.267. The van der Waals surface area contributed by atoms with Gasteiger partial charge < -0.3 is 10.4 Å². The third kappa shape index (κ3) is 3.12. The molecule has 0 fully saturated rings. The van der Waals surface area contributed by atoms with Crippen molar-refractivity contribution in [2.75, 3.05) is 5.32 Å². The first-order valence-electron chi connectivity index (χ1n) is 6.53. The van der Waals surface area contributed by atoms with Crippen molar-refractivity contribution >= 4 is 17.6 Å². The molecule has 104 valence electrons. The van der Waals surface area contributed by atoms with Crippen molar-refractivity contribution in [3.05, 3.63) is 47.3 Å². The molecule has 0 saturated heterocycles. The van der Waals surface area contributed by atoms with E-state index in [-0.39, 0.29) is 5.56 Å². The number of nitrogens with zero attached hydrogens (tertiary/aromatic N) is 2. The Morgan fingerprint density at radius 1 is 1.35 bits per heavy atom. The highest BCUT2D eigenvalue weighted by Gasteiger charge is 2.10. The molecular formula is C15H17N3O2. The van der Waals surface area contributed by atoms with E-state index in [0.717, 1.165) is 18.5 Å². The van der Waals surface area contributed by atoms with Gasteiger partial charge in [-0.2, -0.15) is 0 Å². The number of hydrogen-bond donors (Lipinski definition) is 2. The zero-order valence-corrected chi connectivity index (χ0v) is 11.6. The molecule has 0 radical (unpaired) electrons. The number of carboxylic acids is 1. The summed E-state index contributed by atoms with van der Waals surface area (Å²) in [6, 6.07) is 7.97. The maximum absolute atomic E-state index is 10.9. The van der Waals surface area contributed by atoms with E-state index in [1.165, 1.54) is 11.8 Å². The van der Waals surface area contributed by atoms with Gasteiger partial charge in [-0.25, -0.2) is 14.8 Å². The van der Waals surface area contributed by atoms with Gasteiger partial charge in [0.15, 0.2) is 0 Å². The van der Waals surface area contributed by atoms with E-state index < -0.39 is 5.97 Å². The standard InChI is InChI=1S/C15H17N3O2/c1-3-6-11-7-4-5-8-13(11)18-15-16-9-12(14(19)20)10(2)17-15/h4-5,7-9H,3,6H2,1-2H3,(H,19,20)(H,16,17,18). The molecule has 5 nitrogen and oxygen atoms in total. The maximum atomic E-state index is 10.9. The molecule has 0 aliphatic rings. The Kier molecular flexibility index (Phi) is 4.30. The first kappa shape index (κ1) is 14.0. The van der Waals surface area contributed by atoms with Crippen LogP contribution in [0, 0.1) is 6.92 Å². The third-order valence-electron chi connectivity index (χ3n) is 2.99. The van der Waals surface area contributed by atoms with E-state index >= 15 is 0 Å². The molecule has 1 heterocycles. The Hall–Kier alpha value is -2.43. The van der Waals surface area contributed by atoms with Crippen LogP contribution in [0.2, 0.25) is 0 Å². The molecule has 2 aromatic rings. The molecule has 5 heteroatoms. The van der Waals surface area contributed by atoms with Crippen LogP contribution in [0.1, 0.15) is 35.0 Å². The predicted molar refractivity (Wildman–Crippen MR) is 77.4 cm³/mol. The van der Waals surface area contributed by atoms with E-state index in [9.17, 15) is 4.79 Å². The lowest BCUT2D eigenvalue weighted by atomic mass is 10.1. The lowest BCUT2D eigenvalue weighted by molar-refractivity contribution is 0.0695. The zero-order valence-electron chi connectivity index (χ0n) is 11.6. The molecule has 0 bridgehead atoms. The molecule has 0 saturated carbocycles. The first-order chi connectivity index (χ1) is 9.61. The fourth-order valence-corrected chi connectivity index (χ4v) is 1.99. The van der Waals surface area contributed by atoms with Crippen LogP contribution in [0.25, 0.3) is 0 Å². The van der Waals surface area contributed by atoms with Gasteiger partial charge in [0.25, 0.3) is 0 Å². The molecule has 0 aliphatic carbocycles. The van der Waals surface area contributed by atoms with E-state index in [2.05, 4.69) is 28.3 Å². The Labute approximate surface area is 117 Å². The molecule has 1 aromatic heterocycles. The van der Waals surface area contributed by atoms with Crippen LogP contribution in [-0.4, -0.2) is 21.0 Å².